The lowest BCUT2D eigenvalue weighted by Gasteiger charge is -2.12. The van der Waals surface area contributed by atoms with Gasteiger partial charge in [-0.25, -0.2) is 0 Å². The Morgan fingerprint density at radius 1 is 0.920 bits per heavy atom. The van der Waals surface area contributed by atoms with Gasteiger partial charge in [0, 0.05) is 23.1 Å². The molecule has 0 unspecified atom stereocenters. The van der Waals surface area contributed by atoms with E-state index in [9.17, 15) is 0 Å². The van der Waals surface area contributed by atoms with Crippen molar-refractivity contribution in [1.29, 1.82) is 0 Å². The molecule has 0 amide bonds. The molecule has 0 aliphatic heterocycles. The molecule has 2 aromatic carbocycles. The Labute approximate surface area is 151 Å². The molecule has 3 aromatic rings. The molecule has 1 heterocycles. The maximum absolute atomic E-state index is 2.31. The van der Waals surface area contributed by atoms with E-state index in [0.717, 1.165) is 6.42 Å². The zero-order valence-corrected chi connectivity index (χ0v) is 15.2. The van der Waals surface area contributed by atoms with Crippen LogP contribution in [0.1, 0.15) is 31.5 Å². The molecule has 25 heavy (non-hydrogen) atoms. The Morgan fingerprint density at radius 2 is 1.72 bits per heavy atom. The van der Waals surface area contributed by atoms with Gasteiger partial charge in [0.2, 0.25) is 0 Å². The van der Waals surface area contributed by atoms with Gasteiger partial charge in [0.25, 0.3) is 0 Å². The molecule has 0 aliphatic rings. The van der Waals surface area contributed by atoms with Crippen LogP contribution in [0.4, 0.5) is 0 Å². The third kappa shape index (κ3) is 3.83. The number of nitrogens with zero attached hydrogens (tertiary/aromatic N) is 1. The number of benzene rings is 2. The van der Waals surface area contributed by atoms with Gasteiger partial charge >= 0.3 is 0 Å². The highest BCUT2D eigenvalue weighted by Crippen LogP contribution is 2.30. The van der Waals surface area contributed by atoms with Crippen molar-refractivity contribution >= 4 is 5.57 Å². The first-order valence-corrected chi connectivity index (χ1v) is 8.84. The van der Waals surface area contributed by atoms with Crippen LogP contribution in [0.15, 0.2) is 85.1 Å². The Kier molecular flexibility index (Phi) is 5.35. The number of aryl methyl sites for hydroxylation is 1. The van der Waals surface area contributed by atoms with Crippen molar-refractivity contribution in [3.05, 3.63) is 96.3 Å². The summed E-state index contributed by atoms with van der Waals surface area (Å²) in [4.78, 5) is 0. The van der Waals surface area contributed by atoms with E-state index in [1.807, 2.05) is 0 Å². The summed E-state index contributed by atoms with van der Waals surface area (Å²) in [6.45, 7) is 6.33. The molecule has 0 saturated heterocycles. The molecule has 0 fully saturated rings. The highest BCUT2D eigenvalue weighted by Gasteiger charge is 2.12. The Bertz CT molecular complexity index is 895. The zero-order chi connectivity index (χ0) is 17.6. The normalized spacial score (nSPS) is 12.0. The second kappa shape index (κ2) is 7.85. The van der Waals surface area contributed by atoms with Crippen molar-refractivity contribution in [2.45, 2.75) is 27.2 Å². The van der Waals surface area contributed by atoms with Crippen molar-refractivity contribution in [1.82, 2.24) is 4.57 Å². The summed E-state index contributed by atoms with van der Waals surface area (Å²) in [5.41, 5.74) is 7.56. The fourth-order valence-corrected chi connectivity index (χ4v) is 3.11. The molecule has 1 heteroatoms. The van der Waals surface area contributed by atoms with Crippen molar-refractivity contribution in [2.75, 3.05) is 0 Å². The molecule has 3 rings (SSSR count). The Balaban J connectivity index is 2.16. The lowest BCUT2D eigenvalue weighted by atomic mass is 10.1. The second-order valence-corrected chi connectivity index (χ2v) is 6.28. The molecule has 0 radical (unpaired) electrons. The zero-order valence-electron chi connectivity index (χ0n) is 15.2. The van der Waals surface area contributed by atoms with Crippen LogP contribution >= 0.6 is 0 Å². The van der Waals surface area contributed by atoms with Crippen molar-refractivity contribution in [3.8, 4) is 16.8 Å². The van der Waals surface area contributed by atoms with E-state index in [-0.39, 0.29) is 0 Å². The van der Waals surface area contributed by atoms with Crippen LogP contribution in [0, 0.1) is 6.92 Å². The maximum atomic E-state index is 2.31. The van der Waals surface area contributed by atoms with Gasteiger partial charge in [0.15, 0.2) is 0 Å². The number of hydrogen-bond acceptors (Lipinski definition) is 0. The SMILES string of the molecule is C/C=C\C/C(=C\C)c1cc(-c2ccccc2)cn1-c1cccc(C)c1. The van der Waals surface area contributed by atoms with E-state index in [2.05, 4.69) is 110 Å². The summed E-state index contributed by atoms with van der Waals surface area (Å²) in [7, 11) is 0. The van der Waals surface area contributed by atoms with Crippen LogP contribution in [-0.2, 0) is 0 Å². The number of hydrogen-bond donors (Lipinski definition) is 0. The molecule has 0 bridgehead atoms. The molecule has 0 atom stereocenters. The lowest BCUT2D eigenvalue weighted by Crippen LogP contribution is -1.98. The van der Waals surface area contributed by atoms with Crippen molar-refractivity contribution < 1.29 is 0 Å². The van der Waals surface area contributed by atoms with Gasteiger partial charge in [0.05, 0.1) is 0 Å². The minimum absolute atomic E-state index is 0.942. The second-order valence-electron chi connectivity index (χ2n) is 6.28. The Morgan fingerprint density at radius 3 is 2.40 bits per heavy atom. The monoisotopic (exact) mass is 327 g/mol. The standard InChI is InChI=1S/C24H25N/c1-4-6-12-20(5-2)24-17-22(21-13-8-7-9-14-21)18-25(24)23-15-10-11-19(3)16-23/h4-11,13-18H,12H2,1-3H3/b6-4-,20-5+. The van der Waals surface area contributed by atoms with E-state index in [1.165, 1.54) is 33.6 Å². The molecular formula is C24H25N. The van der Waals surface area contributed by atoms with E-state index in [0.29, 0.717) is 0 Å². The van der Waals surface area contributed by atoms with Gasteiger partial charge in [0.1, 0.15) is 0 Å². The first-order valence-electron chi connectivity index (χ1n) is 8.84. The number of allylic oxidation sites excluding steroid dienone is 4. The summed E-state index contributed by atoms with van der Waals surface area (Å²) in [5, 5.41) is 0. The first kappa shape index (κ1) is 17.0. The van der Waals surface area contributed by atoms with Crippen LogP contribution in [0.5, 0.6) is 0 Å². The summed E-state index contributed by atoms with van der Waals surface area (Å²) in [6.07, 6.45) is 9.73. The number of aromatic nitrogens is 1. The fraction of sp³-hybridized carbons (Fsp3) is 0.167. The van der Waals surface area contributed by atoms with Crippen LogP contribution < -0.4 is 0 Å². The van der Waals surface area contributed by atoms with Crippen LogP contribution in [0.3, 0.4) is 0 Å². The predicted molar refractivity (Wildman–Crippen MR) is 109 cm³/mol. The van der Waals surface area contributed by atoms with Gasteiger partial charge in [-0.1, -0.05) is 60.7 Å². The van der Waals surface area contributed by atoms with Gasteiger partial charge in [-0.15, -0.1) is 0 Å². The summed E-state index contributed by atoms with van der Waals surface area (Å²) >= 11 is 0. The van der Waals surface area contributed by atoms with Crippen LogP contribution in [-0.4, -0.2) is 4.57 Å². The van der Waals surface area contributed by atoms with Crippen LogP contribution in [0.2, 0.25) is 0 Å². The molecule has 0 saturated carbocycles. The van der Waals surface area contributed by atoms with E-state index >= 15 is 0 Å². The van der Waals surface area contributed by atoms with E-state index in [1.54, 1.807) is 0 Å². The van der Waals surface area contributed by atoms with Crippen molar-refractivity contribution in [3.63, 3.8) is 0 Å². The van der Waals surface area contributed by atoms with E-state index < -0.39 is 0 Å². The third-order valence-corrected chi connectivity index (χ3v) is 4.46. The van der Waals surface area contributed by atoms with Gasteiger partial charge in [-0.2, -0.15) is 0 Å². The summed E-state index contributed by atoms with van der Waals surface area (Å²) < 4.78 is 2.31. The summed E-state index contributed by atoms with van der Waals surface area (Å²) in [6, 6.07) is 21.6. The summed E-state index contributed by atoms with van der Waals surface area (Å²) in [5.74, 6) is 0. The third-order valence-electron chi connectivity index (χ3n) is 4.46. The van der Waals surface area contributed by atoms with Gasteiger partial charge < -0.3 is 4.57 Å². The molecule has 0 spiro atoms. The van der Waals surface area contributed by atoms with Gasteiger partial charge in [-0.05, 0) is 62.1 Å². The first-order chi connectivity index (χ1) is 12.2. The quantitative estimate of drug-likeness (QED) is 0.453. The fourth-order valence-electron chi connectivity index (χ4n) is 3.11. The van der Waals surface area contributed by atoms with Gasteiger partial charge in [-0.3, -0.25) is 0 Å². The molecule has 0 aliphatic carbocycles. The maximum Gasteiger partial charge on any atom is 0.0494 e. The molecular weight excluding hydrogens is 302 g/mol. The number of rotatable bonds is 5. The largest absolute Gasteiger partial charge is 0.316 e. The lowest BCUT2D eigenvalue weighted by molar-refractivity contribution is 1.04. The van der Waals surface area contributed by atoms with Crippen molar-refractivity contribution in [2.24, 2.45) is 0 Å². The molecule has 1 aromatic heterocycles. The highest BCUT2D eigenvalue weighted by atomic mass is 15.0. The minimum atomic E-state index is 0.942. The molecule has 126 valence electrons. The minimum Gasteiger partial charge on any atom is -0.316 e. The Hall–Kier alpha value is -2.80. The average Bonchev–Trinajstić information content (AvgIpc) is 3.08. The molecule has 0 N–H and O–H groups in total. The topological polar surface area (TPSA) is 4.93 Å². The molecule has 1 nitrogen and oxygen atoms in total. The smallest absolute Gasteiger partial charge is 0.0494 e. The predicted octanol–water partition coefficient (Wildman–Crippen LogP) is 6.82. The average molecular weight is 327 g/mol. The highest BCUT2D eigenvalue weighted by molar-refractivity contribution is 5.74. The van der Waals surface area contributed by atoms with E-state index in [4.69, 9.17) is 0 Å². The van der Waals surface area contributed by atoms with Crippen LogP contribution in [0.25, 0.3) is 22.4 Å².